The number of aromatic nitrogens is 2. The summed E-state index contributed by atoms with van der Waals surface area (Å²) in [6.07, 6.45) is 4.51. The topological polar surface area (TPSA) is 62.1 Å². The highest BCUT2D eigenvalue weighted by Crippen LogP contribution is 2.29. The lowest BCUT2D eigenvalue weighted by Crippen LogP contribution is -2.05. The number of nitrogens with zero attached hydrogens (tertiary/aromatic N) is 2. The Hall–Kier alpha value is -3.13. The standard InChI is InChI=1S/C19H15ClF2N2O4/c1-26-15-10-12(5-7-14(15)28-19(21)22)11-27-17(25)8-6-13-18(20)23-16-4-2-3-9-24(13)16/h2-10,19H,11H2,1H3/b8-6+. The number of ether oxygens (including phenoxy) is 3. The van der Waals surface area contributed by atoms with Crippen molar-refractivity contribution in [2.24, 2.45) is 0 Å². The fourth-order valence-corrected chi connectivity index (χ4v) is 2.72. The average Bonchev–Trinajstić information content (AvgIpc) is 3.00. The highest BCUT2D eigenvalue weighted by atomic mass is 35.5. The van der Waals surface area contributed by atoms with Gasteiger partial charge in [-0.3, -0.25) is 4.40 Å². The lowest BCUT2D eigenvalue weighted by molar-refractivity contribution is -0.138. The zero-order valence-electron chi connectivity index (χ0n) is 14.6. The molecule has 28 heavy (non-hydrogen) atoms. The van der Waals surface area contributed by atoms with E-state index in [1.54, 1.807) is 16.7 Å². The molecule has 3 aromatic rings. The Kier molecular flexibility index (Phi) is 6.10. The van der Waals surface area contributed by atoms with E-state index in [1.165, 1.54) is 37.5 Å². The van der Waals surface area contributed by atoms with Gasteiger partial charge in [0.1, 0.15) is 12.3 Å². The third-order valence-electron chi connectivity index (χ3n) is 3.72. The fraction of sp³-hybridized carbons (Fsp3) is 0.158. The van der Waals surface area contributed by atoms with Crippen molar-refractivity contribution < 1.29 is 27.8 Å². The molecule has 9 heteroatoms. The van der Waals surface area contributed by atoms with Crippen LogP contribution in [0.2, 0.25) is 5.15 Å². The van der Waals surface area contributed by atoms with E-state index in [4.69, 9.17) is 21.1 Å². The summed E-state index contributed by atoms with van der Waals surface area (Å²) in [6, 6.07) is 9.70. The summed E-state index contributed by atoms with van der Waals surface area (Å²) in [6.45, 7) is -3.04. The molecule has 0 aliphatic heterocycles. The molecule has 0 saturated carbocycles. The van der Waals surface area contributed by atoms with E-state index in [2.05, 4.69) is 9.72 Å². The van der Waals surface area contributed by atoms with Crippen molar-refractivity contribution in [3.8, 4) is 11.5 Å². The number of esters is 1. The van der Waals surface area contributed by atoms with E-state index in [9.17, 15) is 13.6 Å². The van der Waals surface area contributed by atoms with Crippen molar-refractivity contribution in [3.05, 3.63) is 65.1 Å². The predicted octanol–water partition coefficient (Wildman–Crippen LogP) is 4.35. The molecule has 0 spiro atoms. The summed E-state index contributed by atoms with van der Waals surface area (Å²) in [7, 11) is 1.33. The molecule has 2 aromatic heterocycles. The molecular weight excluding hydrogens is 394 g/mol. The van der Waals surface area contributed by atoms with Crippen molar-refractivity contribution in [3.63, 3.8) is 0 Å². The molecular formula is C19H15ClF2N2O4. The minimum absolute atomic E-state index is 0.0740. The van der Waals surface area contributed by atoms with E-state index in [0.29, 0.717) is 16.9 Å². The summed E-state index contributed by atoms with van der Waals surface area (Å²) in [4.78, 5) is 16.2. The Labute approximate surface area is 163 Å². The number of alkyl halides is 2. The van der Waals surface area contributed by atoms with Gasteiger partial charge < -0.3 is 14.2 Å². The Balaban J connectivity index is 1.65. The van der Waals surface area contributed by atoms with Gasteiger partial charge in [-0.15, -0.1) is 0 Å². The summed E-state index contributed by atoms with van der Waals surface area (Å²) in [5.74, 6) is -0.592. The van der Waals surface area contributed by atoms with Crippen LogP contribution in [0.4, 0.5) is 8.78 Å². The van der Waals surface area contributed by atoms with Crippen molar-refractivity contribution in [2.75, 3.05) is 7.11 Å². The van der Waals surface area contributed by atoms with Gasteiger partial charge in [0.15, 0.2) is 16.7 Å². The molecule has 0 radical (unpaired) electrons. The third kappa shape index (κ3) is 4.58. The van der Waals surface area contributed by atoms with Crippen LogP contribution in [0.5, 0.6) is 11.5 Å². The number of hydrogen-bond acceptors (Lipinski definition) is 5. The first-order valence-electron chi connectivity index (χ1n) is 8.07. The molecule has 0 aliphatic carbocycles. The Bertz CT molecular complexity index is 1020. The van der Waals surface area contributed by atoms with Crippen molar-refractivity contribution in [1.82, 2.24) is 9.38 Å². The van der Waals surface area contributed by atoms with Gasteiger partial charge in [0.25, 0.3) is 0 Å². The van der Waals surface area contributed by atoms with Gasteiger partial charge in [0.2, 0.25) is 0 Å². The smallest absolute Gasteiger partial charge is 0.387 e. The van der Waals surface area contributed by atoms with E-state index < -0.39 is 12.6 Å². The maximum Gasteiger partial charge on any atom is 0.387 e. The molecule has 0 N–H and O–H groups in total. The number of methoxy groups -OCH3 is 1. The SMILES string of the molecule is COc1cc(COC(=O)/C=C/c2c(Cl)nc3ccccn23)ccc1OC(F)F. The molecule has 0 amide bonds. The Morgan fingerprint density at radius 1 is 1.29 bits per heavy atom. The lowest BCUT2D eigenvalue weighted by atomic mass is 10.2. The van der Waals surface area contributed by atoms with E-state index in [-0.39, 0.29) is 23.3 Å². The van der Waals surface area contributed by atoms with Crippen LogP contribution in [0.25, 0.3) is 11.7 Å². The third-order valence-corrected chi connectivity index (χ3v) is 4.00. The first kappa shape index (κ1) is 19.6. The van der Waals surface area contributed by atoms with Crippen LogP contribution in [0.3, 0.4) is 0 Å². The largest absolute Gasteiger partial charge is 0.493 e. The summed E-state index contributed by atoms with van der Waals surface area (Å²) in [5, 5.41) is 0.259. The second kappa shape index (κ2) is 8.71. The van der Waals surface area contributed by atoms with Crippen LogP contribution in [-0.4, -0.2) is 29.1 Å². The molecule has 1 aromatic carbocycles. The van der Waals surface area contributed by atoms with Crippen molar-refractivity contribution >= 4 is 29.3 Å². The summed E-state index contributed by atoms with van der Waals surface area (Å²) < 4.78 is 40.9. The van der Waals surface area contributed by atoms with Crippen LogP contribution < -0.4 is 9.47 Å². The number of halogens is 3. The van der Waals surface area contributed by atoms with Gasteiger partial charge in [-0.1, -0.05) is 23.7 Å². The second-order valence-corrected chi connectivity index (χ2v) is 5.88. The maximum absolute atomic E-state index is 12.3. The molecule has 0 unspecified atom stereocenters. The summed E-state index contributed by atoms with van der Waals surface area (Å²) >= 11 is 6.09. The first-order valence-corrected chi connectivity index (χ1v) is 8.45. The normalized spacial score (nSPS) is 11.3. The fourth-order valence-electron chi connectivity index (χ4n) is 2.48. The number of hydrogen-bond donors (Lipinski definition) is 0. The van der Waals surface area contributed by atoms with Gasteiger partial charge >= 0.3 is 12.6 Å². The quantitative estimate of drug-likeness (QED) is 0.429. The number of rotatable bonds is 7. The van der Waals surface area contributed by atoms with Gasteiger partial charge in [-0.2, -0.15) is 8.78 Å². The number of imidazole rings is 1. The van der Waals surface area contributed by atoms with Crippen molar-refractivity contribution in [2.45, 2.75) is 13.2 Å². The predicted molar refractivity (Wildman–Crippen MR) is 98.7 cm³/mol. The Morgan fingerprint density at radius 3 is 2.86 bits per heavy atom. The Morgan fingerprint density at radius 2 is 2.11 bits per heavy atom. The number of carbonyl (C=O) groups excluding carboxylic acids is 1. The van der Waals surface area contributed by atoms with Gasteiger partial charge in [0, 0.05) is 12.3 Å². The van der Waals surface area contributed by atoms with Gasteiger partial charge in [-0.05, 0) is 35.9 Å². The van der Waals surface area contributed by atoms with E-state index >= 15 is 0 Å². The van der Waals surface area contributed by atoms with E-state index in [1.807, 2.05) is 12.1 Å². The molecule has 0 saturated heterocycles. The number of carbonyl (C=O) groups is 1. The number of pyridine rings is 1. The first-order chi connectivity index (χ1) is 13.5. The molecule has 6 nitrogen and oxygen atoms in total. The molecule has 3 rings (SSSR count). The minimum Gasteiger partial charge on any atom is -0.493 e. The summed E-state index contributed by atoms with van der Waals surface area (Å²) in [5.41, 5.74) is 1.75. The molecule has 146 valence electrons. The van der Waals surface area contributed by atoms with Crippen LogP contribution in [0, 0.1) is 0 Å². The molecule has 0 bridgehead atoms. The second-order valence-electron chi connectivity index (χ2n) is 5.52. The number of fused-ring (bicyclic) bond motifs is 1. The van der Waals surface area contributed by atoms with Crippen LogP contribution in [-0.2, 0) is 16.1 Å². The maximum atomic E-state index is 12.3. The monoisotopic (exact) mass is 408 g/mol. The van der Waals surface area contributed by atoms with Crippen LogP contribution in [0.1, 0.15) is 11.3 Å². The number of benzene rings is 1. The zero-order valence-corrected chi connectivity index (χ0v) is 15.4. The average molecular weight is 409 g/mol. The minimum atomic E-state index is -2.96. The molecule has 0 fully saturated rings. The van der Waals surface area contributed by atoms with Crippen LogP contribution >= 0.6 is 11.6 Å². The lowest BCUT2D eigenvalue weighted by Gasteiger charge is -2.11. The van der Waals surface area contributed by atoms with Gasteiger partial charge in [0.05, 0.1) is 12.8 Å². The highest BCUT2D eigenvalue weighted by molar-refractivity contribution is 6.31. The zero-order chi connectivity index (χ0) is 20.1. The van der Waals surface area contributed by atoms with Crippen molar-refractivity contribution in [1.29, 1.82) is 0 Å². The molecule has 0 atom stereocenters. The van der Waals surface area contributed by atoms with Gasteiger partial charge in [-0.25, -0.2) is 9.78 Å². The van der Waals surface area contributed by atoms with E-state index in [0.717, 1.165) is 0 Å². The van der Waals surface area contributed by atoms with Crippen LogP contribution in [0.15, 0.2) is 48.7 Å². The molecule has 2 heterocycles. The highest BCUT2D eigenvalue weighted by Gasteiger charge is 2.12. The molecule has 0 aliphatic rings.